The van der Waals surface area contributed by atoms with Crippen molar-refractivity contribution in [2.45, 2.75) is 34.1 Å². The highest BCUT2D eigenvalue weighted by molar-refractivity contribution is 5.95. The molecule has 0 bridgehead atoms. The molecule has 6 nitrogen and oxygen atoms in total. The molecule has 0 fully saturated rings. The van der Waals surface area contributed by atoms with Crippen LogP contribution in [0.2, 0.25) is 0 Å². The molecule has 6 heteroatoms. The van der Waals surface area contributed by atoms with Crippen LogP contribution in [0.25, 0.3) is 0 Å². The number of amides is 1. The Balaban J connectivity index is 1.89. The predicted octanol–water partition coefficient (Wildman–Crippen LogP) is 2.39. The van der Waals surface area contributed by atoms with Crippen LogP contribution in [0.15, 0.2) is 29.1 Å². The number of ether oxygens (including phenoxy) is 1. The predicted molar refractivity (Wildman–Crippen MR) is 97.1 cm³/mol. The van der Waals surface area contributed by atoms with E-state index in [9.17, 15) is 9.59 Å². The van der Waals surface area contributed by atoms with Gasteiger partial charge in [0.25, 0.3) is 11.5 Å². The number of benzene rings is 1. The molecule has 0 spiro atoms. The maximum absolute atomic E-state index is 12.3. The van der Waals surface area contributed by atoms with Gasteiger partial charge in [0.15, 0.2) is 0 Å². The summed E-state index contributed by atoms with van der Waals surface area (Å²) in [6.45, 7) is 8.83. The van der Waals surface area contributed by atoms with Crippen LogP contribution in [0.5, 0.6) is 5.75 Å². The molecule has 2 aromatic rings. The molecule has 0 saturated carbocycles. The number of aromatic nitrogens is 2. The van der Waals surface area contributed by atoms with Crippen LogP contribution in [0.1, 0.15) is 41.0 Å². The van der Waals surface area contributed by atoms with Crippen molar-refractivity contribution in [1.82, 2.24) is 15.5 Å². The van der Waals surface area contributed by atoms with Crippen molar-refractivity contribution < 1.29 is 9.53 Å². The Labute approximate surface area is 147 Å². The van der Waals surface area contributed by atoms with Gasteiger partial charge in [-0.1, -0.05) is 26.0 Å². The Hall–Kier alpha value is -2.63. The second-order valence-corrected chi connectivity index (χ2v) is 6.49. The number of nitrogens with one attached hydrogen (secondary N) is 2. The van der Waals surface area contributed by atoms with Gasteiger partial charge in [-0.25, -0.2) is 5.10 Å². The van der Waals surface area contributed by atoms with E-state index in [0.29, 0.717) is 36.7 Å². The van der Waals surface area contributed by atoms with Gasteiger partial charge < -0.3 is 10.1 Å². The number of aromatic amines is 1. The summed E-state index contributed by atoms with van der Waals surface area (Å²) in [4.78, 5) is 24.1. The van der Waals surface area contributed by atoms with Crippen molar-refractivity contribution in [2.24, 2.45) is 5.92 Å². The minimum Gasteiger partial charge on any atom is -0.493 e. The van der Waals surface area contributed by atoms with Gasteiger partial charge in [0, 0.05) is 6.54 Å². The number of nitrogens with zero attached hydrogens (tertiary/aromatic N) is 1. The molecule has 0 saturated heterocycles. The first-order chi connectivity index (χ1) is 11.9. The van der Waals surface area contributed by atoms with Crippen LogP contribution in [0.3, 0.4) is 0 Å². The van der Waals surface area contributed by atoms with Crippen molar-refractivity contribution in [3.63, 3.8) is 0 Å². The minimum atomic E-state index is -0.466. The fraction of sp³-hybridized carbons (Fsp3) is 0.421. The van der Waals surface area contributed by atoms with E-state index >= 15 is 0 Å². The van der Waals surface area contributed by atoms with E-state index in [1.54, 1.807) is 13.8 Å². The number of carbonyl (C=O) groups is 1. The molecule has 0 unspecified atom stereocenters. The molecule has 0 aliphatic carbocycles. The van der Waals surface area contributed by atoms with Crippen LogP contribution in [-0.2, 0) is 6.42 Å². The number of hydrogen-bond acceptors (Lipinski definition) is 4. The Kier molecular flexibility index (Phi) is 6.33. The van der Waals surface area contributed by atoms with Crippen LogP contribution in [-0.4, -0.2) is 29.3 Å². The van der Waals surface area contributed by atoms with E-state index in [1.807, 2.05) is 24.3 Å². The zero-order valence-corrected chi connectivity index (χ0v) is 15.2. The zero-order valence-electron chi connectivity index (χ0n) is 15.2. The van der Waals surface area contributed by atoms with Crippen LogP contribution in [0, 0.1) is 19.8 Å². The molecule has 1 aromatic heterocycles. The summed E-state index contributed by atoms with van der Waals surface area (Å²) in [5.74, 6) is 0.954. The molecule has 0 aliphatic heterocycles. The molecule has 0 radical (unpaired) electrons. The van der Waals surface area contributed by atoms with Crippen molar-refractivity contribution in [3.05, 3.63) is 57.0 Å². The van der Waals surface area contributed by atoms with Gasteiger partial charge in [0.05, 0.1) is 12.3 Å². The number of carbonyl (C=O) groups excluding carboxylic acids is 1. The van der Waals surface area contributed by atoms with E-state index in [2.05, 4.69) is 29.4 Å². The van der Waals surface area contributed by atoms with E-state index in [0.717, 1.165) is 11.3 Å². The first kappa shape index (κ1) is 18.7. The van der Waals surface area contributed by atoms with E-state index in [-0.39, 0.29) is 11.5 Å². The molecule has 2 N–H and O–H groups in total. The smallest absolute Gasteiger partial charge is 0.277 e. The summed E-state index contributed by atoms with van der Waals surface area (Å²) in [7, 11) is 0. The maximum atomic E-state index is 12.3. The van der Waals surface area contributed by atoms with Gasteiger partial charge in [-0.05, 0) is 49.4 Å². The van der Waals surface area contributed by atoms with Crippen LogP contribution in [0.4, 0.5) is 0 Å². The number of hydrogen-bond donors (Lipinski definition) is 2. The maximum Gasteiger partial charge on any atom is 0.277 e. The standard InChI is InChI=1S/C19H25N3O3/c1-12(2)11-25-16-7-5-15(6-8-16)9-10-20-18(23)17-13(3)14(4)21-22-19(17)24/h5-8,12H,9-11H2,1-4H3,(H,20,23)(H,22,24). The third kappa shape index (κ3) is 5.17. The van der Waals surface area contributed by atoms with Gasteiger partial charge in [0.1, 0.15) is 11.3 Å². The van der Waals surface area contributed by atoms with Crippen LogP contribution < -0.4 is 15.6 Å². The molecule has 0 atom stereocenters. The lowest BCUT2D eigenvalue weighted by Gasteiger charge is -2.10. The molecule has 25 heavy (non-hydrogen) atoms. The number of H-pyrrole nitrogens is 1. The highest BCUT2D eigenvalue weighted by Crippen LogP contribution is 2.13. The third-order valence-corrected chi connectivity index (χ3v) is 3.90. The molecule has 0 aliphatic rings. The average Bonchev–Trinajstić information content (AvgIpc) is 2.58. The summed E-state index contributed by atoms with van der Waals surface area (Å²) in [6.07, 6.45) is 0.678. The fourth-order valence-corrected chi connectivity index (χ4v) is 2.32. The van der Waals surface area contributed by atoms with E-state index < -0.39 is 5.56 Å². The monoisotopic (exact) mass is 343 g/mol. The van der Waals surface area contributed by atoms with E-state index in [4.69, 9.17) is 4.74 Å². The summed E-state index contributed by atoms with van der Waals surface area (Å²) in [5, 5.41) is 8.99. The number of aryl methyl sites for hydroxylation is 1. The molecule has 1 amide bonds. The third-order valence-electron chi connectivity index (χ3n) is 3.90. The van der Waals surface area contributed by atoms with Crippen molar-refractivity contribution >= 4 is 5.91 Å². The van der Waals surface area contributed by atoms with Gasteiger partial charge >= 0.3 is 0 Å². The van der Waals surface area contributed by atoms with Gasteiger partial charge in [-0.15, -0.1) is 0 Å². The molecule has 1 heterocycles. The average molecular weight is 343 g/mol. The van der Waals surface area contributed by atoms with Crippen molar-refractivity contribution in [1.29, 1.82) is 0 Å². The Morgan fingerprint density at radius 2 is 1.92 bits per heavy atom. The highest BCUT2D eigenvalue weighted by atomic mass is 16.5. The quantitative estimate of drug-likeness (QED) is 0.808. The van der Waals surface area contributed by atoms with Gasteiger partial charge in [-0.3, -0.25) is 9.59 Å². The molecule has 134 valence electrons. The SMILES string of the molecule is Cc1n[nH]c(=O)c(C(=O)NCCc2ccc(OCC(C)C)cc2)c1C. The second kappa shape index (κ2) is 8.46. The van der Waals surface area contributed by atoms with Crippen LogP contribution >= 0.6 is 0 Å². The Bertz CT molecular complexity index is 779. The Morgan fingerprint density at radius 1 is 1.24 bits per heavy atom. The van der Waals surface area contributed by atoms with E-state index in [1.165, 1.54) is 0 Å². The minimum absolute atomic E-state index is 0.130. The normalized spacial score (nSPS) is 10.8. The lowest BCUT2D eigenvalue weighted by atomic mass is 10.1. The first-order valence-corrected chi connectivity index (χ1v) is 8.44. The van der Waals surface area contributed by atoms with Gasteiger partial charge in [0.2, 0.25) is 0 Å². The molecule has 2 rings (SSSR count). The summed E-state index contributed by atoms with van der Waals surface area (Å²) in [5.41, 5.74) is 2.00. The largest absolute Gasteiger partial charge is 0.493 e. The highest BCUT2D eigenvalue weighted by Gasteiger charge is 2.15. The van der Waals surface area contributed by atoms with Crippen molar-refractivity contribution in [2.75, 3.05) is 13.2 Å². The number of rotatable bonds is 7. The second-order valence-electron chi connectivity index (χ2n) is 6.49. The lowest BCUT2D eigenvalue weighted by molar-refractivity contribution is 0.0951. The summed E-state index contributed by atoms with van der Waals surface area (Å²) < 4.78 is 5.65. The zero-order chi connectivity index (χ0) is 18.4. The van der Waals surface area contributed by atoms with Gasteiger partial charge in [-0.2, -0.15) is 5.10 Å². The topological polar surface area (TPSA) is 84.1 Å². The molecule has 1 aromatic carbocycles. The summed E-state index contributed by atoms with van der Waals surface area (Å²) in [6, 6.07) is 7.83. The molecular formula is C19H25N3O3. The molecular weight excluding hydrogens is 318 g/mol. The first-order valence-electron chi connectivity index (χ1n) is 8.44. The lowest BCUT2D eigenvalue weighted by Crippen LogP contribution is -2.33. The van der Waals surface area contributed by atoms with Crippen molar-refractivity contribution in [3.8, 4) is 5.75 Å². The fourth-order valence-electron chi connectivity index (χ4n) is 2.32. The Morgan fingerprint density at radius 3 is 2.56 bits per heavy atom. The summed E-state index contributed by atoms with van der Waals surface area (Å²) >= 11 is 0.